The molecule has 0 saturated heterocycles. The van der Waals surface area contributed by atoms with Gasteiger partial charge in [0.2, 0.25) is 5.91 Å². The van der Waals surface area contributed by atoms with Crippen LogP contribution in [0.5, 0.6) is 5.75 Å². The lowest BCUT2D eigenvalue weighted by atomic mass is 10.0. The fraction of sp³-hybridized carbons (Fsp3) is 0.417. The van der Waals surface area contributed by atoms with Gasteiger partial charge in [0.05, 0.1) is 0 Å². The van der Waals surface area contributed by atoms with Crippen molar-refractivity contribution in [1.29, 1.82) is 0 Å². The van der Waals surface area contributed by atoms with Gasteiger partial charge in [0, 0.05) is 6.07 Å². The van der Waals surface area contributed by atoms with Crippen LogP contribution in [0, 0.1) is 12.7 Å². The van der Waals surface area contributed by atoms with Crippen LogP contribution in [-0.2, 0) is 4.79 Å². The summed E-state index contributed by atoms with van der Waals surface area (Å²) in [6.07, 6.45) is 0. The van der Waals surface area contributed by atoms with Gasteiger partial charge < -0.3 is 15.8 Å². The molecule has 1 aromatic rings. The molecule has 17 heavy (non-hydrogen) atoms. The molecule has 0 fully saturated rings. The van der Waals surface area contributed by atoms with Crippen molar-refractivity contribution in [2.75, 3.05) is 13.7 Å². The number of hydrogen-bond donors (Lipinski definition) is 2. The molecular formula is C12H17FN2O2. The Morgan fingerprint density at radius 3 is 2.71 bits per heavy atom. The number of likely N-dealkylation sites (N-methyl/N-ethyl adjacent to an activating group) is 1. The third kappa shape index (κ3) is 3.17. The van der Waals surface area contributed by atoms with Gasteiger partial charge in [0.25, 0.3) is 0 Å². The lowest BCUT2D eigenvalue weighted by Crippen LogP contribution is -2.55. The number of primary amides is 1. The molecule has 0 bridgehead atoms. The number of halogens is 1. The quantitative estimate of drug-likeness (QED) is 0.806. The maximum atomic E-state index is 13.3. The molecule has 0 aliphatic carbocycles. The molecular weight excluding hydrogens is 223 g/mol. The van der Waals surface area contributed by atoms with Crippen LogP contribution in [0.3, 0.4) is 0 Å². The van der Waals surface area contributed by atoms with Crippen molar-refractivity contribution in [2.24, 2.45) is 5.73 Å². The zero-order valence-electron chi connectivity index (χ0n) is 10.2. The fourth-order valence-electron chi connectivity index (χ4n) is 1.16. The third-order valence-electron chi connectivity index (χ3n) is 2.77. The van der Waals surface area contributed by atoms with E-state index in [4.69, 9.17) is 10.5 Å². The van der Waals surface area contributed by atoms with Gasteiger partial charge in [-0.15, -0.1) is 0 Å². The largest absolute Gasteiger partial charge is 0.491 e. The number of benzene rings is 1. The second kappa shape index (κ2) is 5.14. The average molecular weight is 240 g/mol. The van der Waals surface area contributed by atoms with Crippen LogP contribution in [0.2, 0.25) is 0 Å². The number of rotatable bonds is 5. The summed E-state index contributed by atoms with van der Waals surface area (Å²) >= 11 is 0. The standard InChI is InChI=1S/C12H17FN2O2/c1-8-4-5-9(6-10(8)13)17-7-12(2,15-3)11(14)16/h4-6,15H,7H2,1-3H3,(H2,14,16). The molecule has 0 saturated carbocycles. The van der Waals surface area contributed by atoms with Gasteiger partial charge >= 0.3 is 0 Å². The van der Waals surface area contributed by atoms with Gasteiger partial charge in [-0.2, -0.15) is 0 Å². The van der Waals surface area contributed by atoms with E-state index in [1.165, 1.54) is 6.07 Å². The first-order valence-corrected chi connectivity index (χ1v) is 5.27. The van der Waals surface area contributed by atoms with E-state index in [1.54, 1.807) is 33.0 Å². The van der Waals surface area contributed by atoms with E-state index in [0.717, 1.165) is 0 Å². The van der Waals surface area contributed by atoms with Crippen molar-refractivity contribution in [3.63, 3.8) is 0 Å². The number of nitrogens with two attached hydrogens (primary N) is 1. The SMILES string of the molecule is CNC(C)(COc1ccc(C)c(F)c1)C(N)=O. The van der Waals surface area contributed by atoms with Gasteiger partial charge in [-0.25, -0.2) is 4.39 Å². The average Bonchev–Trinajstić information content (AvgIpc) is 2.30. The minimum Gasteiger partial charge on any atom is -0.491 e. The highest BCUT2D eigenvalue weighted by Gasteiger charge is 2.30. The van der Waals surface area contributed by atoms with E-state index < -0.39 is 11.4 Å². The first kappa shape index (κ1) is 13.4. The highest BCUT2D eigenvalue weighted by Crippen LogP contribution is 2.17. The molecule has 0 heterocycles. The third-order valence-corrected chi connectivity index (χ3v) is 2.77. The van der Waals surface area contributed by atoms with Crippen molar-refractivity contribution >= 4 is 5.91 Å². The Morgan fingerprint density at radius 1 is 1.59 bits per heavy atom. The molecule has 0 aliphatic rings. The Hall–Kier alpha value is -1.62. The summed E-state index contributed by atoms with van der Waals surface area (Å²) in [7, 11) is 1.61. The maximum Gasteiger partial charge on any atom is 0.240 e. The summed E-state index contributed by atoms with van der Waals surface area (Å²) in [6, 6.07) is 4.55. The van der Waals surface area contributed by atoms with Crippen molar-refractivity contribution in [3.05, 3.63) is 29.6 Å². The molecule has 0 spiro atoms. The zero-order valence-corrected chi connectivity index (χ0v) is 10.2. The predicted octanol–water partition coefficient (Wildman–Crippen LogP) is 0.976. The number of carbonyl (C=O) groups excluding carboxylic acids is 1. The summed E-state index contributed by atoms with van der Waals surface area (Å²) in [5.74, 6) is -0.490. The second-order valence-electron chi connectivity index (χ2n) is 4.15. The molecule has 0 aromatic heterocycles. The van der Waals surface area contributed by atoms with Gasteiger partial charge in [-0.1, -0.05) is 6.07 Å². The van der Waals surface area contributed by atoms with Gasteiger partial charge in [-0.05, 0) is 32.5 Å². The van der Waals surface area contributed by atoms with Crippen LogP contribution in [0.15, 0.2) is 18.2 Å². The molecule has 5 heteroatoms. The Labute approximate surface area is 100.0 Å². The van der Waals surface area contributed by atoms with Crippen LogP contribution in [0.25, 0.3) is 0 Å². The highest BCUT2D eigenvalue weighted by molar-refractivity contribution is 5.84. The lowest BCUT2D eigenvalue weighted by molar-refractivity contribution is -0.124. The van der Waals surface area contributed by atoms with E-state index in [9.17, 15) is 9.18 Å². The minimum atomic E-state index is -0.971. The summed E-state index contributed by atoms with van der Waals surface area (Å²) in [4.78, 5) is 11.2. The summed E-state index contributed by atoms with van der Waals surface area (Å²) in [5, 5.41) is 2.78. The second-order valence-corrected chi connectivity index (χ2v) is 4.15. The number of hydrogen-bond acceptors (Lipinski definition) is 3. The number of ether oxygens (including phenoxy) is 1. The van der Waals surface area contributed by atoms with Crippen LogP contribution in [0.1, 0.15) is 12.5 Å². The van der Waals surface area contributed by atoms with Gasteiger partial charge in [-0.3, -0.25) is 4.79 Å². The first-order chi connectivity index (χ1) is 7.89. The smallest absolute Gasteiger partial charge is 0.240 e. The summed E-state index contributed by atoms with van der Waals surface area (Å²) < 4.78 is 18.6. The number of nitrogens with one attached hydrogen (secondary N) is 1. The fourth-order valence-corrected chi connectivity index (χ4v) is 1.16. The molecule has 0 radical (unpaired) electrons. The van der Waals surface area contributed by atoms with E-state index >= 15 is 0 Å². The molecule has 94 valence electrons. The Morgan fingerprint density at radius 2 is 2.24 bits per heavy atom. The van der Waals surface area contributed by atoms with Crippen LogP contribution in [0.4, 0.5) is 4.39 Å². The van der Waals surface area contributed by atoms with Crippen LogP contribution >= 0.6 is 0 Å². The van der Waals surface area contributed by atoms with Gasteiger partial charge in [0.15, 0.2) is 0 Å². The molecule has 3 N–H and O–H groups in total. The number of aryl methyl sites for hydroxylation is 1. The highest BCUT2D eigenvalue weighted by atomic mass is 19.1. The molecule has 4 nitrogen and oxygen atoms in total. The first-order valence-electron chi connectivity index (χ1n) is 5.27. The van der Waals surface area contributed by atoms with Crippen LogP contribution in [-0.4, -0.2) is 25.1 Å². The normalized spacial score (nSPS) is 14.1. The van der Waals surface area contributed by atoms with E-state index in [2.05, 4.69) is 5.32 Å². The molecule has 1 atom stereocenters. The zero-order chi connectivity index (χ0) is 13.1. The van der Waals surface area contributed by atoms with E-state index in [0.29, 0.717) is 11.3 Å². The molecule has 1 rings (SSSR count). The van der Waals surface area contributed by atoms with Crippen molar-refractivity contribution in [3.8, 4) is 5.75 Å². The van der Waals surface area contributed by atoms with Crippen molar-refractivity contribution in [2.45, 2.75) is 19.4 Å². The summed E-state index contributed by atoms with van der Waals surface area (Å²) in [6.45, 7) is 3.33. The summed E-state index contributed by atoms with van der Waals surface area (Å²) in [5.41, 5.74) is 4.82. The predicted molar refractivity (Wildman–Crippen MR) is 63.3 cm³/mol. The minimum absolute atomic E-state index is 0.0430. The number of amides is 1. The maximum absolute atomic E-state index is 13.3. The van der Waals surface area contributed by atoms with Crippen molar-refractivity contribution < 1.29 is 13.9 Å². The van der Waals surface area contributed by atoms with E-state index in [1.807, 2.05) is 0 Å². The topological polar surface area (TPSA) is 64.3 Å². The van der Waals surface area contributed by atoms with E-state index in [-0.39, 0.29) is 12.4 Å². The van der Waals surface area contributed by atoms with Gasteiger partial charge in [0.1, 0.15) is 23.7 Å². The van der Waals surface area contributed by atoms with Crippen LogP contribution < -0.4 is 15.8 Å². The Kier molecular flexibility index (Phi) is 4.07. The molecule has 1 unspecified atom stereocenters. The Bertz CT molecular complexity index is 423. The van der Waals surface area contributed by atoms with Crippen molar-refractivity contribution in [1.82, 2.24) is 5.32 Å². The monoisotopic (exact) mass is 240 g/mol. The molecule has 0 aliphatic heterocycles. The number of carbonyl (C=O) groups is 1. The molecule has 1 aromatic carbocycles. The Balaban J connectivity index is 2.73. The molecule has 1 amide bonds. The lowest BCUT2D eigenvalue weighted by Gasteiger charge is -2.25.